The van der Waals surface area contributed by atoms with E-state index in [1.165, 1.54) is 10.5 Å². The number of aliphatic imine (C=N–C) groups is 1. The minimum Gasteiger partial charge on any atom is -0.484 e. The molecular formula is C29H24N2O2S. The first kappa shape index (κ1) is 22.0. The summed E-state index contributed by atoms with van der Waals surface area (Å²) >= 11 is 1.84. The van der Waals surface area contributed by atoms with Gasteiger partial charge in [-0.15, -0.1) is 11.8 Å². The zero-order valence-corrected chi connectivity index (χ0v) is 19.4. The molecule has 0 aromatic heterocycles. The third-order valence-corrected chi connectivity index (χ3v) is 6.88. The number of nitrogens with zero attached hydrogens (tertiary/aromatic N) is 1. The molecule has 1 heterocycles. The lowest BCUT2D eigenvalue weighted by Crippen LogP contribution is -2.20. The van der Waals surface area contributed by atoms with Gasteiger partial charge in [-0.05, 0) is 47.5 Å². The SMILES string of the molecule is O=C(COc1ccc([C@H]2CC(c3ccccc3)=Nc3ccccc3S2)cc1)Nc1ccccc1. The number of fused-ring (bicyclic) bond motifs is 1. The van der Waals surface area contributed by atoms with Crippen LogP contribution in [0.4, 0.5) is 11.4 Å². The second-order valence-corrected chi connectivity index (χ2v) is 9.22. The van der Waals surface area contributed by atoms with Crippen LogP contribution in [-0.4, -0.2) is 18.2 Å². The quantitative estimate of drug-likeness (QED) is 0.332. The molecule has 4 nitrogen and oxygen atoms in total. The second kappa shape index (κ2) is 10.4. The minimum absolute atomic E-state index is 0.0371. The standard InChI is InChI=1S/C29H24N2O2S/c32-29(30-23-11-5-2-6-12-23)20-33-24-17-15-22(16-18-24)28-19-26(21-9-3-1-4-10-21)31-25-13-7-8-14-27(25)34-28/h1-18,28H,19-20H2,(H,30,32)/t28-/m1/s1. The Morgan fingerprint density at radius 3 is 2.29 bits per heavy atom. The third kappa shape index (κ3) is 5.38. The molecule has 0 aliphatic carbocycles. The molecule has 34 heavy (non-hydrogen) atoms. The zero-order chi connectivity index (χ0) is 23.2. The van der Waals surface area contributed by atoms with Crippen LogP contribution in [0.2, 0.25) is 0 Å². The Balaban J connectivity index is 1.29. The molecule has 5 heteroatoms. The second-order valence-electron chi connectivity index (χ2n) is 7.97. The van der Waals surface area contributed by atoms with E-state index in [9.17, 15) is 4.79 Å². The molecule has 0 unspecified atom stereocenters. The van der Waals surface area contributed by atoms with Crippen LogP contribution < -0.4 is 10.1 Å². The Morgan fingerprint density at radius 1 is 0.853 bits per heavy atom. The highest BCUT2D eigenvalue weighted by Gasteiger charge is 2.22. The van der Waals surface area contributed by atoms with Crippen LogP contribution in [0.5, 0.6) is 5.75 Å². The molecule has 4 aromatic carbocycles. The van der Waals surface area contributed by atoms with Gasteiger partial charge in [0.15, 0.2) is 6.61 Å². The summed E-state index contributed by atoms with van der Waals surface area (Å²) in [6, 6.07) is 36.1. The van der Waals surface area contributed by atoms with Crippen LogP contribution in [0.3, 0.4) is 0 Å². The van der Waals surface area contributed by atoms with Crippen LogP contribution in [0.25, 0.3) is 0 Å². The molecule has 1 amide bonds. The lowest BCUT2D eigenvalue weighted by Gasteiger charge is -2.17. The topological polar surface area (TPSA) is 50.7 Å². The van der Waals surface area contributed by atoms with Gasteiger partial charge in [0.2, 0.25) is 0 Å². The number of hydrogen-bond donors (Lipinski definition) is 1. The van der Waals surface area contributed by atoms with Crippen LogP contribution in [0.1, 0.15) is 22.8 Å². The van der Waals surface area contributed by atoms with E-state index in [0.717, 1.165) is 29.1 Å². The van der Waals surface area contributed by atoms with E-state index in [1.54, 1.807) is 0 Å². The monoisotopic (exact) mass is 464 g/mol. The Labute approximate surface area is 203 Å². The summed E-state index contributed by atoms with van der Waals surface area (Å²) < 4.78 is 5.71. The number of benzene rings is 4. The van der Waals surface area contributed by atoms with Crippen LogP contribution in [0.15, 0.2) is 119 Å². The molecule has 0 saturated carbocycles. The Hall–Kier alpha value is -3.83. The number of nitrogens with one attached hydrogen (secondary N) is 1. The van der Waals surface area contributed by atoms with Gasteiger partial charge >= 0.3 is 0 Å². The number of hydrogen-bond acceptors (Lipinski definition) is 4. The van der Waals surface area contributed by atoms with Gasteiger partial charge in [0.05, 0.1) is 5.69 Å². The smallest absolute Gasteiger partial charge is 0.262 e. The Bertz CT molecular complexity index is 1290. The number of amides is 1. The lowest BCUT2D eigenvalue weighted by molar-refractivity contribution is -0.118. The van der Waals surface area contributed by atoms with Crippen LogP contribution in [0, 0.1) is 0 Å². The molecule has 0 saturated heterocycles. The number of thioether (sulfide) groups is 1. The third-order valence-electron chi connectivity index (χ3n) is 5.56. The Kier molecular flexibility index (Phi) is 6.73. The van der Waals surface area contributed by atoms with Gasteiger partial charge in [0, 0.05) is 28.0 Å². The molecular weight excluding hydrogens is 440 g/mol. The van der Waals surface area contributed by atoms with Gasteiger partial charge in [0.25, 0.3) is 5.91 Å². The van der Waals surface area contributed by atoms with E-state index < -0.39 is 0 Å². The first-order valence-corrected chi connectivity index (χ1v) is 12.1. The van der Waals surface area contributed by atoms with Gasteiger partial charge in [0.1, 0.15) is 5.75 Å². The maximum atomic E-state index is 12.2. The minimum atomic E-state index is -0.185. The van der Waals surface area contributed by atoms with E-state index in [0.29, 0.717) is 5.75 Å². The number of anilines is 1. The summed E-state index contributed by atoms with van der Waals surface area (Å²) in [6.45, 7) is -0.0371. The summed E-state index contributed by atoms with van der Waals surface area (Å²) in [5, 5.41) is 3.05. The highest BCUT2D eigenvalue weighted by molar-refractivity contribution is 7.99. The molecule has 0 spiro atoms. The summed E-state index contributed by atoms with van der Waals surface area (Å²) in [6.07, 6.45) is 0.822. The maximum absolute atomic E-state index is 12.2. The van der Waals surface area contributed by atoms with E-state index in [2.05, 4.69) is 59.9 Å². The molecule has 4 aromatic rings. The highest BCUT2D eigenvalue weighted by Crippen LogP contribution is 2.45. The number of para-hydroxylation sites is 2. The van der Waals surface area contributed by atoms with E-state index in [-0.39, 0.29) is 17.8 Å². The van der Waals surface area contributed by atoms with E-state index in [4.69, 9.17) is 9.73 Å². The molecule has 0 radical (unpaired) electrons. The average molecular weight is 465 g/mol. The van der Waals surface area contributed by atoms with Crippen LogP contribution >= 0.6 is 11.8 Å². The van der Waals surface area contributed by atoms with E-state index >= 15 is 0 Å². The van der Waals surface area contributed by atoms with Crippen molar-refractivity contribution in [1.82, 2.24) is 0 Å². The normalized spacial score (nSPS) is 14.9. The molecule has 1 aliphatic heterocycles. The van der Waals surface area contributed by atoms with Crippen molar-refractivity contribution in [3.05, 3.63) is 120 Å². The fourth-order valence-electron chi connectivity index (χ4n) is 3.86. The van der Waals surface area contributed by atoms with Crippen molar-refractivity contribution in [2.45, 2.75) is 16.6 Å². The first-order chi connectivity index (χ1) is 16.7. The zero-order valence-electron chi connectivity index (χ0n) is 18.6. The summed E-state index contributed by atoms with van der Waals surface area (Å²) in [4.78, 5) is 18.4. The fourth-order valence-corrected chi connectivity index (χ4v) is 5.09. The summed E-state index contributed by atoms with van der Waals surface area (Å²) in [5.74, 6) is 0.484. The van der Waals surface area contributed by atoms with Crippen molar-refractivity contribution < 1.29 is 9.53 Å². The van der Waals surface area contributed by atoms with Crippen molar-refractivity contribution in [3.63, 3.8) is 0 Å². The number of ether oxygens (including phenoxy) is 1. The van der Waals surface area contributed by atoms with Crippen molar-refractivity contribution in [3.8, 4) is 5.75 Å². The van der Waals surface area contributed by atoms with Gasteiger partial charge < -0.3 is 10.1 Å². The molecule has 1 N–H and O–H groups in total. The fraction of sp³-hybridized carbons (Fsp3) is 0.103. The maximum Gasteiger partial charge on any atom is 0.262 e. The van der Waals surface area contributed by atoms with Crippen molar-refractivity contribution in [2.24, 2.45) is 4.99 Å². The molecule has 5 rings (SSSR count). The van der Waals surface area contributed by atoms with Gasteiger partial charge in [-0.25, -0.2) is 0 Å². The Morgan fingerprint density at radius 2 is 1.53 bits per heavy atom. The largest absolute Gasteiger partial charge is 0.484 e. The lowest BCUT2D eigenvalue weighted by atomic mass is 10.0. The van der Waals surface area contributed by atoms with Crippen molar-refractivity contribution in [1.29, 1.82) is 0 Å². The predicted octanol–water partition coefficient (Wildman–Crippen LogP) is 7.06. The molecule has 1 atom stereocenters. The molecule has 0 bridgehead atoms. The number of rotatable bonds is 6. The average Bonchev–Trinajstić information content (AvgIpc) is 3.09. The van der Waals surface area contributed by atoms with Crippen molar-refractivity contribution in [2.75, 3.05) is 11.9 Å². The van der Waals surface area contributed by atoms with Gasteiger partial charge in [-0.2, -0.15) is 0 Å². The summed E-state index contributed by atoms with van der Waals surface area (Å²) in [5.41, 5.74) is 5.20. The van der Waals surface area contributed by atoms with Crippen LogP contribution in [-0.2, 0) is 4.79 Å². The number of carbonyl (C=O) groups is 1. The molecule has 0 fully saturated rings. The number of carbonyl (C=O) groups excluding carboxylic acids is 1. The molecule has 1 aliphatic rings. The van der Waals surface area contributed by atoms with E-state index in [1.807, 2.05) is 66.4 Å². The molecule has 168 valence electrons. The highest BCUT2D eigenvalue weighted by atomic mass is 32.2. The summed E-state index contributed by atoms with van der Waals surface area (Å²) in [7, 11) is 0. The van der Waals surface area contributed by atoms with Gasteiger partial charge in [-0.1, -0.05) is 72.8 Å². The van der Waals surface area contributed by atoms with Crippen molar-refractivity contribution >= 4 is 34.8 Å². The first-order valence-electron chi connectivity index (χ1n) is 11.2. The predicted molar refractivity (Wildman–Crippen MR) is 139 cm³/mol. The van der Waals surface area contributed by atoms with Gasteiger partial charge in [-0.3, -0.25) is 9.79 Å².